The maximum Gasteiger partial charge on any atom is 0.337 e. The molecule has 2 rings (SSSR count). The smallest absolute Gasteiger partial charge is 0.337 e. The molecule has 2 N–H and O–H groups in total. The van der Waals surface area contributed by atoms with Crippen molar-refractivity contribution in [3.63, 3.8) is 0 Å². The summed E-state index contributed by atoms with van der Waals surface area (Å²) < 4.78 is 13.2. The first kappa shape index (κ1) is 13.1. The normalized spacial score (nSPS) is 10.2. The summed E-state index contributed by atoms with van der Waals surface area (Å²) in [6, 6.07) is 11.2. The molecule has 0 atom stereocenters. The van der Waals surface area contributed by atoms with Gasteiger partial charge in [-0.15, -0.1) is 0 Å². The van der Waals surface area contributed by atoms with Crippen LogP contribution in [0.1, 0.15) is 21.5 Å². The molecule has 0 aromatic heterocycles. The highest BCUT2D eigenvalue weighted by molar-refractivity contribution is 5.94. The zero-order valence-corrected chi connectivity index (χ0v) is 10.5. The second kappa shape index (κ2) is 5.52. The minimum absolute atomic E-state index is 0.205. The number of halogens is 1. The van der Waals surface area contributed by atoms with Crippen molar-refractivity contribution in [2.75, 3.05) is 5.32 Å². The molecule has 3 nitrogen and oxygen atoms in total. The number of anilines is 1. The van der Waals surface area contributed by atoms with E-state index in [0.717, 1.165) is 11.1 Å². The quantitative estimate of drug-likeness (QED) is 0.884. The minimum Gasteiger partial charge on any atom is -0.478 e. The maximum atomic E-state index is 13.2. The van der Waals surface area contributed by atoms with Crippen LogP contribution in [0, 0.1) is 12.7 Å². The third kappa shape index (κ3) is 3.10. The first-order chi connectivity index (χ1) is 9.08. The highest BCUT2D eigenvalue weighted by atomic mass is 19.1. The van der Waals surface area contributed by atoms with Crippen molar-refractivity contribution >= 4 is 11.7 Å². The Morgan fingerprint density at radius 2 is 2.00 bits per heavy atom. The van der Waals surface area contributed by atoms with Crippen molar-refractivity contribution in [2.24, 2.45) is 0 Å². The Hall–Kier alpha value is -2.36. The Bertz CT molecular complexity index is 611. The zero-order valence-electron chi connectivity index (χ0n) is 10.5. The van der Waals surface area contributed by atoms with E-state index in [4.69, 9.17) is 5.11 Å². The number of para-hydroxylation sites is 1. The molecule has 0 aliphatic heterocycles. The van der Waals surface area contributed by atoms with Crippen LogP contribution in [0.2, 0.25) is 0 Å². The number of hydrogen-bond donors (Lipinski definition) is 2. The van der Waals surface area contributed by atoms with E-state index in [1.54, 1.807) is 24.3 Å². The number of aryl methyl sites for hydroxylation is 1. The fourth-order valence-corrected chi connectivity index (χ4v) is 1.84. The molecule has 0 aliphatic carbocycles. The topological polar surface area (TPSA) is 49.3 Å². The SMILES string of the molecule is Cc1ccc(F)cc1CNc1ccccc1C(=O)O. The van der Waals surface area contributed by atoms with Gasteiger partial charge in [-0.05, 0) is 42.3 Å². The van der Waals surface area contributed by atoms with Gasteiger partial charge in [-0.1, -0.05) is 18.2 Å². The lowest BCUT2D eigenvalue weighted by molar-refractivity contribution is 0.0698. The van der Waals surface area contributed by atoms with Crippen LogP contribution in [0.5, 0.6) is 0 Å². The molecule has 2 aromatic rings. The van der Waals surface area contributed by atoms with Crippen LogP contribution in [0.15, 0.2) is 42.5 Å². The Morgan fingerprint density at radius 1 is 1.26 bits per heavy atom. The van der Waals surface area contributed by atoms with E-state index in [1.807, 2.05) is 6.92 Å². The number of rotatable bonds is 4. The first-order valence-corrected chi connectivity index (χ1v) is 5.89. The van der Waals surface area contributed by atoms with Crippen molar-refractivity contribution in [2.45, 2.75) is 13.5 Å². The summed E-state index contributed by atoms with van der Waals surface area (Å²) in [4.78, 5) is 11.1. The third-order valence-corrected chi connectivity index (χ3v) is 2.94. The molecule has 0 saturated carbocycles. The Labute approximate surface area is 110 Å². The van der Waals surface area contributed by atoms with Gasteiger partial charge in [0, 0.05) is 12.2 Å². The van der Waals surface area contributed by atoms with E-state index >= 15 is 0 Å². The van der Waals surface area contributed by atoms with Crippen molar-refractivity contribution < 1.29 is 14.3 Å². The van der Waals surface area contributed by atoms with E-state index < -0.39 is 5.97 Å². The molecule has 0 fully saturated rings. The summed E-state index contributed by atoms with van der Waals surface area (Å²) in [6.07, 6.45) is 0. The molecule has 4 heteroatoms. The second-order valence-corrected chi connectivity index (χ2v) is 4.28. The largest absolute Gasteiger partial charge is 0.478 e. The van der Waals surface area contributed by atoms with Gasteiger partial charge in [-0.25, -0.2) is 9.18 Å². The highest BCUT2D eigenvalue weighted by Crippen LogP contribution is 2.17. The third-order valence-electron chi connectivity index (χ3n) is 2.94. The molecule has 0 aliphatic rings. The fourth-order valence-electron chi connectivity index (χ4n) is 1.84. The number of aromatic carboxylic acids is 1. The lowest BCUT2D eigenvalue weighted by atomic mass is 10.1. The summed E-state index contributed by atoms with van der Waals surface area (Å²) in [5.41, 5.74) is 2.50. The lowest BCUT2D eigenvalue weighted by Crippen LogP contribution is -2.07. The zero-order chi connectivity index (χ0) is 13.8. The van der Waals surface area contributed by atoms with E-state index in [1.165, 1.54) is 18.2 Å². The van der Waals surface area contributed by atoms with Crippen LogP contribution in [0.4, 0.5) is 10.1 Å². The van der Waals surface area contributed by atoms with E-state index in [9.17, 15) is 9.18 Å². The van der Waals surface area contributed by atoms with Gasteiger partial charge in [-0.3, -0.25) is 0 Å². The number of carboxylic acids is 1. The average Bonchev–Trinajstić information content (AvgIpc) is 2.40. The Morgan fingerprint density at radius 3 is 2.74 bits per heavy atom. The molecule has 0 radical (unpaired) electrons. The molecule has 2 aromatic carbocycles. The summed E-state index contributed by atoms with van der Waals surface area (Å²) >= 11 is 0. The molecule has 0 heterocycles. The van der Waals surface area contributed by atoms with Crippen LogP contribution in [0.3, 0.4) is 0 Å². The highest BCUT2D eigenvalue weighted by Gasteiger charge is 2.09. The fraction of sp³-hybridized carbons (Fsp3) is 0.133. The molecule has 98 valence electrons. The van der Waals surface area contributed by atoms with Crippen molar-refractivity contribution in [1.82, 2.24) is 0 Å². The van der Waals surface area contributed by atoms with E-state index in [2.05, 4.69) is 5.32 Å². The lowest BCUT2D eigenvalue weighted by Gasteiger charge is -2.11. The van der Waals surface area contributed by atoms with Gasteiger partial charge in [0.25, 0.3) is 0 Å². The van der Waals surface area contributed by atoms with Crippen LogP contribution < -0.4 is 5.32 Å². The molecular formula is C15H14FNO2. The van der Waals surface area contributed by atoms with Crippen LogP contribution >= 0.6 is 0 Å². The molecule has 0 amide bonds. The summed E-state index contributed by atoms with van der Waals surface area (Å²) in [5, 5.41) is 12.1. The minimum atomic E-state index is -0.987. The van der Waals surface area contributed by atoms with Gasteiger partial charge in [0.1, 0.15) is 5.82 Å². The van der Waals surface area contributed by atoms with Gasteiger partial charge < -0.3 is 10.4 Å². The summed E-state index contributed by atoms with van der Waals surface area (Å²) in [6.45, 7) is 2.27. The van der Waals surface area contributed by atoms with Gasteiger partial charge in [0.2, 0.25) is 0 Å². The molecular weight excluding hydrogens is 245 g/mol. The molecule has 0 unspecified atom stereocenters. The summed E-state index contributed by atoms with van der Waals surface area (Å²) in [5.74, 6) is -1.28. The van der Waals surface area contributed by atoms with Gasteiger partial charge in [0.15, 0.2) is 0 Å². The van der Waals surface area contributed by atoms with Crippen molar-refractivity contribution in [3.05, 3.63) is 65.0 Å². The van der Waals surface area contributed by atoms with Crippen LogP contribution in [-0.4, -0.2) is 11.1 Å². The van der Waals surface area contributed by atoms with Gasteiger partial charge >= 0.3 is 5.97 Å². The number of carboxylic acid groups (broad SMARTS) is 1. The predicted molar refractivity (Wildman–Crippen MR) is 71.9 cm³/mol. The number of carbonyl (C=O) groups is 1. The molecule has 0 spiro atoms. The number of nitrogens with one attached hydrogen (secondary N) is 1. The monoisotopic (exact) mass is 259 g/mol. The maximum absolute atomic E-state index is 13.2. The molecule has 19 heavy (non-hydrogen) atoms. The van der Waals surface area contributed by atoms with E-state index in [0.29, 0.717) is 12.2 Å². The second-order valence-electron chi connectivity index (χ2n) is 4.28. The molecule has 0 bridgehead atoms. The summed E-state index contributed by atoms with van der Waals surface area (Å²) in [7, 11) is 0. The standard InChI is InChI=1S/C15H14FNO2/c1-10-6-7-12(16)8-11(10)9-17-14-5-3-2-4-13(14)15(18)19/h2-8,17H,9H2,1H3,(H,18,19). The number of benzene rings is 2. The van der Waals surface area contributed by atoms with Crippen molar-refractivity contribution in [3.8, 4) is 0 Å². The van der Waals surface area contributed by atoms with Crippen LogP contribution in [-0.2, 0) is 6.54 Å². The Kier molecular flexibility index (Phi) is 3.80. The van der Waals surface area contributed by atoms with Gasteiger partial charge in [0.05, 0.1) is 5.56 Å². The van der Waals surface area contributed by atoms with Crippen molar-refractivity contribution in [1.29, 1.82) is 0 Å². The number of hydrogen-bond acceptors (Lipinski definition) is 2. The average molecular weight is 259 g/mol. The first-order valence-electron chi connectivity index (χ1n) is 5.89. The predicted octanol–water partition coefficient (Wildman–Crippen LogP) is 3.44. The Balaban J connectivity index is 2.19. The van der Waals surface area contributed by atoms with E-state index in [-0.39, 0.29) is 11.4 Å². The molecule has 0 saturated heterocycles. The van der Waals surface area contributed by atoms with Crippen LogP contribution in [0.25, 0.3) is 0 Å². The van der Waals surface area contributed by atoms with Gasteiger partial charge in [-0.2, -0.15) is 0 Å².